The lowest BCUT2D eigenvalue weighted by molar-refractivity contribution is 0.600. The first-order valence-corrected chi connectivity index (χ1v) is 7.53. The Morgan fingerprint density at radius 2 is 1.89 bits per heavy atom. The Balaban J connectivity index is 2.34. The average Bonchev–Trinajstić information content (AvgIpc) is 2.33. The van der Waals surface area contributed by atoms with Gasteiger partial charge in [-0.25, -0.2) is 13.4 Å². The number of nitrogens with one attached hydrogen (secondary N) is 1. The van der Waals surface area contributed by atoms with E-state index < -0.39 is 10.0 Å². The summed E-state index contributed by atoms with van der Waals surface area (Å²) in [5, 5.41) is 0.216. The molecular weight excluding hydrogens is 340 g/mol. The van der Waals surface area contributed by atoms with Crippen LogP contribution in [0.3, 0.4) is 0 Å². The third-order valence-electron chi connectivity index (χ3n) is 2.11. The van der Waals surface area contributed by atoms with Crippen molar-refractivity contribution in [2.45, 2.75) is 4.90 Å². The van der Waals surface area contributed by atoms with Gasteiger partial charge >= 0.3 is 0 Å². The first-order valence-electron chi connectivity index (χ1n) is 4.88. The number of halogens is 2. The molecule has 1 aromatic carbocycles. The number of hydrogen-bond donors (Lipinski definition) is 1. The van der Waals surface area contributed by atoms with Crippen LogP contribution in [-0.2, 0) is 10.0 Å². The van der Waals surface area contributed by atoms with Crippen LogP contribution < -0.4 is 4.72 Å². The summed E-state index contributed by atoms with van der Waals surface area (Å²) in [6.45, 7) is 0. The van der Waals surface area contributed by atoms with Crippen molar-refractivity contribution in [1.29, 1.82) is 0 Å². The summed E-state index contributed by atoms with van der Waals surface area (Å²) in [6, 6.07) is 10.0. The van der Waals surface area contributed by atoms with Crippen molar-refractivity contribution in [2.24, 2.45) is 0 Å². The maximum atomic E-state index is 12.1. The molecule has 2 aromatic rings. The molecular formula is C11H8BrClN2O2S. The van der Waals surface area contributed by atoms with Gasteiger partial charge in [0.05, 0.1) is 4.47 Å². The zero-order chi connectivity index (χ0) is 13.2. The molecule has 1 heterocycles. The lowest BCUT2D eigenvalue weighted by Crippen LogP contribution is -2.13. The highest BCUT2D eigenvalue weighted by atomic mass is 79.9. The monoisotopic (exact) mass is 346 g/mol. The van der Waals surface area contributed by atoms with Crippen LogP contribution in [0.5, 0.6) is 0 Å². The number of sulfonamides is 1. The number of para-hydroxylation sites is 1. The second kappa shape index (κ2) is 5.26. The standard InChI is InChI=1S/C11H8BrClN2O2S/c12-10-6-9(7-14-11(10)13)18(16,17)15-8-4-2-1-3-5-8/h1-7,15H. The number of pyridine rings is 1. The van der Waals surface area contributed by atoms with Gasteiger partial charge in [0.2, 0.25) is 0 Å². The van der Waals surface area contributed by atoms with E-state index >= 15 is 0 Å². The first kappa shape index (κ1) is 13.3. The van der Waals surface area contributed by atoms with Crippen molar-refractivity contribution in [1.82, 2.24) is 4.98 Å². The minimum absolute atomic E-state index is 0.0441. The zero-order valence-corrected chi connectivity index (χ0v) is 12.1. The van der Waals surface area contributed by atoms with E-state index in [2.05, 4.69) is 25.6 Å². The molecule has 0 fully saturated rings. The molecule has 7 heteroatoms. The summed E-state index contributed by atoms with van der Waals surface area (Å²) in [5.41, 5.74) is 0.489. The fourth-order valence-corrected chi connectivity index (χ4v) is 2.90. The van der Waals surface area contributed by atoms with Crippen molar-refractivity contribution < 1.29 is 8.42 Å². The van der Waals surface area contributed by atoms with Gasteiger partial charge in [-0.15, -0.1) is 0 Å². The molecule has 0 saturated heterocycles. The van der Waals surface area contributed by atoms with Crippen molar-refractivity contribution in [3.8, 4) is 0 Å². The van der Waals surface area contributed by atoms with E-state index in [1.54, 1.807) is 30.3 Å². The van der Waals surface area contributed by atoms with Gasteiger partial charge in [-0.3, -0.25) is 4.72 Å². The second-order valence-corrected chi connectivity index (χ2v) is 6.31. The van der Waals surface area contributed by atoms with Gasteiger partial charge in [0, 0.05) is 11.9 Å². The van der Waals surface area contributed by atoms with E-state index in [0.717, 1.165) is 0 Å². The highest BCUT2D eigenvalue weighted by Crippen LogP contribution is 2.24. The van der Waals surface area contributed by atoms with Crippen molar-refractivity contribution in [3.63, 3.8) is 0 Å². The van der Waals surface area contributed by atoms with E-state index in [1.165, 1.54) is 12.3 Å². The molecule has 2 rings (SSSR count). The minimum Gasteiger partial charge on any atom is -0.280 e. The molecule has 18 heavy (non-hydrogen) atoms. The number of rotatable bonds is 3. The van der Waals surface area contributed by atoms with Gasteiger partial charge in [-0.1, -0.05) is 29.8 Å². The molecule has 0 saturated carbocycles. The topological polar surface area (TPSA) is 59.1 Å². The van der Waals surface area contributed by atoms with Crippen LogP contribution in [0.4, 0.5) is 5.69 Å². The highest BCUT2D eigenvalue weighted by Gasteiger charge is 2.16. The minimum atomic E-state index is -3.65. The largest absolute Gasteiger partial charge is 0.280 e. The summed E-state index contributed by atoms with van der Waals surface area (Å²) < 4.78 is 27.0. The van der Waals surface area contributed by atoms with E-state index in [0.29, 0.717) is 10.2 Å². The second-order valence-electron chi connectivity index (χ2n) is 3.42. The number of anilines is 1. The van der Waals surface area contributed by atoms with E-state index in [-0.39, 0.29) is 10.0 Å². The van der Waals surface area contributed by atoms with Crippen LogP contribution in [0.2, 0.25) is 5.15 Å². The summed E-state index contributed by atoms with van der Waals surface area (Å²) in [5.74, 6) is 0. The van der Waals surface area contributed by atoms with Gasteiger partial charge in [0.15, 0.2) is 0 Å². The molecule has 0 bridgehead atoms. The quantitative estimate of drug-likeness (QED) is 0.867. The Hall–Kier alpha value is -1.11. The molecule has 1 aromatic heterocycles. The lowest BCUT2D eigenvalue weighted by Gasteiger charge is -2.08. The summed E-state index contributed by atoms with van der Waals surface area (Å²) in [4.78, 5) is 3.83. The number of benzene rings is 1. The number of nitrogens with zero attached hydrogens (tertiary/aromatic N) is 1. The van der Waals surface area contributed by atoms with Crippen LogP contribution in [-0.4, -0.2) is 13.4 Å². The predicted molar refractivity (Wildman–Crippen MR) is 74.2 cm³/mol. The SMILES string of the molecule is O=S(=O)(Nc1ccccc1)c1cnc(Cl)c(Br)c1. The van der Waals surface area contributed by atoms with Crippen LogP contribution in [0.15, 0.2) is 52.0 Å². The molecule has 0 spiro atoms. The van der Waals surface area contributed by atoms with E-state index in [9.17, 15) is 8.42 Å². The Kier molecular flexibility index (Phi) is 3.89. The highest BCUT2D eigenvalue weighted by molar-refractivity contribution is 9.10. The van der Waals surface area contributed by atoms with Crippen LogP contribution >= 0.6 is 27.5 Å². The predicted octanol–water partition coefficient (Wildman–Crippen LogP) is 3.30. The van der Waals surface area contributed by atoms with Crippen molar-refractivity contribution in [3.05, 3.63) is 52.2 Å². The Morgan fingerprint density at radius 3 is 2.50 bits per heavy atom. The Labute approximate surface area is 118 Å². The van der Waals surface area contributed by atoms with Gasteiger partial charge < -0.3 is 0 Å². The molecule has 0 radical (unpaired) electrons. The average molecular weight is 348 g/mol. The summed E-state index contributed by atoms with van der Waals surface area (Å²) in [6.07, 6.45) is 1.21. The van der Waals surface area contributed by atoms with Crippen LogP contribution in [0, 0.1) is 0 Å². The van der Waals surface area contributed by atoms with Gasteiger partial charge in [-0.05, 0) is 34.1 Å². The maximum Gasteiger partial charge on any atom is 0.263 e. The molecule has 94 valence electrons. The third-order valence-corrected chi connectivity index (χ3v) is 4.59. The van der Waals surface area contributed by atoms with Crippen molar-refractivity contribution in [2.75, 3.05) is 4.72 Å². The fraction of sp³-hybridized carbons (Fsp3) is 0. The van der Waals surface area contributed by atoms with Gasteiger partial charge in [-0.2, -0.15) is 0 Å². The van der Waals surface area contributed by atoms with Gasteiger partial charge in [0.1, 0.15) is 10.0 Å². The smallest absolute Gasteiger partial charge is 0.263 e. The molecule has 1 N–H and O–H groups in total. The van der Waals surface area contributed by atoms with Crippen molar-refractivity contribution >= 4 is 43.2 Å². The number of aromatic nitrogens is 1. The molecule has 0 aliphatic carbocycles. The molecule has 0 atom stereocenters. The lowest BCUT2D eigenvalue weighted by atomic mass is 10.3. The molecule has 0 aliphatic rings. The van der Waals surface area contributed by atoms with Crippen LogP contribution in [0.1, 0.15) is 0 Å². The third kappa shape index (κ3) is 3.01. The summed E-state index contributed by atoms with van der Waals surface area (Å²) in [7, 11) is -3.65. The molecule has 4 nitrogen and oxygen atoms in total. The Morgan fingerprint density at radius 1 is 1.22 bits per heavy atom. The Bertz CT molecular complexity index is 662. The zero-order valence-electron chi connectivity index (χ0n) is 8.97. The normalized spacial score (nSPS) is 11.2. The molecule has 0 amide bonds. The van der Waals surface area contributed by atoms with Crippen LogP contribution in [0.25, 0.3) is 0 Å². The van der Waals surface area contributed by atoms with E-state index in [4.69, 9.17) is 11.6 Å². The first-order chi connectivity index (χ1) is 8.49. The number of hydrogen-bond acceptors (Lipinski definition) is 3. The molecule has 0 unspecified atom stereocenters. The molecule has 0 aliphatic heterocycles. The maximum absolute atomic E-state index is 12.1. The fourth-order valence-electron chi connectivity index (χ4n) is 1.27. The van der Waals surface area contributed by atoms with Gasteiger partial charge in [0.25, 0.3) is 10.0 Å². The summed E-state index contributed by atoms with van der Waals surface area (Å²) >= 11 is 8.85. The van der Waals surface area contributed by atoms with E-state index in [1.807, 2.05) is 0 Å².